The summed E-state index contributed by atoms with van der Waals surface area (Å²) in [5.74, 6) is -0.0453. The topological polar surface area (TPSA) is 62.2 Å². The number of aliphatic hydroxyl groups is 1. The molecule has 2 rings (SSSR count). The van der Waals surface area contributed by atoms with E-state index < -0.39 is 5.60 Å². The van der Waals surface area contributed by atoms with Crippen LogP contribution in [-0.2, 0) is 11.2 Å². The van der Waals surface area contributed by atoms with Gasteiger partial charge in [-0.1, -0.05) is 12.8 Å². The highest BCUT2D eigenvalue weighted by atomic mass is 16.3. The third-order valence-electron chi connectivity index (χ3n) is 3.88. The molecule has 1 heterocycles. The van der Waals surface area contributed by atoms with Crippen molar-refractivity contribution in [3.63, 3.8) is 0 Å². The van der Waals surface area contributed by atoms with Gasteiger partial charge in [0.2, 0.25) is 5.91 Å². The fourth-order valence-corrected chi connectivity index (χ4v) is 2.69. The van der Waals surface area contributed by atoms with Crippen molar-refractivity contribution >= 4 is 5.91 Å². The van der Waals surface area contributed by atoms with Gasteiger partial charge in [-0.15, -0.1) is 0 Å². The molecule has 0 radical (unpaired) electrons. The Labute approximate surface area is 114 Å². The van der Waals surface area contributed by atoms with Crippen LogP contribution in [0.15, 0.2) is 18.5 Å². The highest BCUT2D eigenvalue weighted by Crippen LogP contribution is 2.32. The molecule has 1 amide bonds. The molecule has 4 heteroatoms. The van der Waals surface area contributed by atoms with E-state index in [0.29, 0.717) is 6.54 Å². The van der Waals surface area contributed by atoms with Crippen molar-refractivity contribution in [3.8, 4) is 0 Å². The minimum absolute atomic E-state index is 0.0453. The summed E-state index contributed by atoms with van der Waals surface area (Å²) in [6.07, 6.45) is 8.21. The first-order chi connectivity index (χ1) is 9.09. The van der Waals surface area contributed by atoms with Gasteiger partial charge in [-0.05, 0) is 43.4 Å². The average molecular weight is 262 g/mol. The van der Waals surface area contributed by atoms with E-state index in [4.69, 9.17) is 0 Å². The molecule has 2 N–H and O–H groups in total. The van der Waals surface area contributed by atoms with E-state index in [9.17, 15) is 9.90 Å². The van der Waals surface area contributed by atoms with Crippen LogP contribution >= 0.6 is 0 Å². The van der Waals surface area contributed by atoms with Crippen LogP contribution in [0.25, 0.3) is 0 Å². The number of hydrogen-bond donors (Lipinski definition) is 2. The third-order valence-corrected chi connectivity index (χ3v) is 3.88. The molecule has 1 aliphatic carbocycles. The quantitative estimate of drug-likeness (QED) is 0.849. The standard InChI is InChI=1S/C15H22N2O2/c1-12-11-16-8-4-13(12)5-9-17-14(18)10-15(19)6-2-3-7-15/h4,8,11,19H,2-3,5-7,9-10H2,1H3,(H,17,18). The molecule has 0 unspecified atom stereocenters. The molecule has 0 atom stereocenters. The zero-order valence-electron chi connectivity index (χ0n) is 11.5. The van der Waals surface area contributed by atoms with Gasteiger partial charge >= 0.3 is 0 Å². The summed E-state index contributed by atoms with van der Waals surface area (Å²) in [6.45, 7) is 2.63. The Morgan fingerprint density at radius 2 is 2.21 bits per heavy atom. The summed E-state index contributed by atoms with van der Waals surface area (Å²) in [7, 11) is 0. The zero-order chi connectivity index (χ0) is 13.7. The lowest BCUT2D eigenvalue weighted by molar-refractivity contribution is -0.125. The van der Waals surface area contributed by atoms with Crippen LogP contribution in [0.4, 0.5) is 0 Å². The number of aryl methyl sites for hydroxylation is 1. The Morgan fingerprint density at radius 1 is 1.47 bits per heavy atom. The van der Waals surface area contributed by atoms with Gasteiger partial charge in [0.1, 0.15) is 0 Å². The second-order valence-corrected chi connectivity index (χ2v) is 5.51. The number of nitrogens with one attached hydrogen (secondary N) is 1. The lowest BCUT2D eigenvalue weighted by atomic mass is 9.97. The SMILES string of the molecule is Cc1cnccc1CCNC(=O)CC1(O)CCCC1. The normalized spacial score (nSPS) is 17.4. The minimum Gasteiger partial charge on any atom is -0.389 e. The van der Waals surface area contributed by atoms with E-state index in [-0.39, 0.29) is 12.3 Å². The number of hydrogen-bond acceptors (Lipinski definition) is 3. The molecular weight excluding hydrogens is 240 g/mol. The van der Waals surface area contributed by atoms with Crippen LogP contribution in [0, 0.1) is 6.92 Å². The molecule has 1 aromatic rings. The van der Waals surface area contributed by atoms with Crippen LogP contribution in [0.1, 0.15) is 43.2 Å². The van der Waals surface area contributed by atoms with Crippen molar-refractivity contribution in [2.75, 3.05) is 6.54 Å². The number of aromatic nitrogens is 1. The van der Waals surface area contributed by atoms with Crippen molar-refractivity contribution in [1.29, 1.82) is 0 Å². The Kier molecular flexibility index (Phi) is 4.53. The van der Waals surface area contributed by atoms with Crippen LogP contribution in [-0.4, -0.2) is 28.1 Å². The Hall–Kier alpha value is -1.42. The molecule has 104 valence electrons. The maximum atomic E-state index is 11.8. The van der Waals surface area contributed by atoms with Gasteiger partial charge in [0.15, 0.2) is 0 Å². The summed E-state index contributed by atoms with van der Waals surface area (Å²) in [6, 6.07) is 1.98. The van der Waals surface area contributed by atoms with E-state index in [0.717, 1.165) is 37.7 Å². The van der Waals surface area contributed by atoms with Gasteiger partial charge in [0, 0.05) is 18.9 Å². The van der Waals surface area contributed by atoms with Crippen molar-refractivity contribution in [3.05, 3.63) is 29.6 Å². The Morgan fingerprint density at radius 3 is 2.89 bits per heavy atom. The molecule has 0 aliphatic heterocycles. The highest BCUT2D eigenvalue weighted by Gasteiger charge is 2.33. The summed E-state index contributed by atoms with van der Waals surface area (Å²) in [4.78, 5) is 15.8. The third kappa shape index (κ3) is 4.03. The molecule has 4 nitrogen and oxygen atoms in total. The van der Waals surface area contributed by atoms with Crippen molar-refractivity contribution < 1.29 is 9.90 Å². The highest BCUT2D eigenvalue weighted by molar-refractivity contribution is 5.77. The lowest BCUT2D eigenvalue weighted by Gasteiger charge is -2.21. The lowest BCUT2D eigenvalue weighted by Crippen LogP contribution is -2.35. The number of nitrogens with zero attached hydrogens (tertiary/aromatic N) is 1. The molecule has 0 bridgehead atoms. The van der Waals surface area contributed by atoms with E-state index in [1.165, 1.54) is 5.56 Å². The summed E-state index contributed by atoms with van der Waals surface area (Å²) in [5.41, 5.74) is 1.59. The van der Waals surface area contributed by atoms with Gasteiger partial charge in [0.25, 0.3) is 0 Å². The molecule has 1 fully saturated rings. The summed E-state index contributed by atoms with van der Waals surface area (Å²) >= 11 is 0. The molecule has 0 aromatic carbocycles. The van der Waals surface area contributed by atoms with E-state index >= 15 is 0 Å². The fraction of sp³-hybridized carbons (Fsp3) is 0.600. The predicted molar refractivity (Wildman–Crippen MR) is 73.7 cm³/mol. The molecular formula is C15H22N2O2. The van der Waals surface area contributed by atoms with E-state index in [1.807, 2.05) is 19.2 Å². The van der Waals surface area contributed by atoms with Crippen LogP contribution in [0.2, 0.25) is 0 Å². The van der Waals surface area contributed by atoms with Crippen molar-refractivity contribution in [2.24, 2.45) is 0 Å². The minimum atomic E-state index is -0.753. The Balaban J connectivity index is 1.74. The van der Waals surface area contributed by atoms with Crippen LogP contribution in [0.5, 0.6) is 0 Å². The molecule has 1 aromatic heterocycles. The smallest absolute Gasteiger partial charge is 0.222 e. The Bertz CT molecular complexity index is 440. The fourth-order valence-electron chi connectivity index (χ4n) is 2.69. The van der Waals surface area contributed by atoms with Gasteiger partial charge in [0.05, 0.1) is 12.0 Å². The van der Waals surface area contributed by atoms with Gasteiger partial charge < -0.3 is 10.4 Å². The van der Waals surface area contributed by atoms with Crippen LogP contribution in [0.3, 0.4) is 0 Å². The van der Waals surface area contributed by atoms with E-state index in [2.05, 4.69) is 10.3 Å². The number of carbonyl (C=O) groups excluding carboxylic acids is 1. The number of carbonyl (C=O) groups is 1. The molecule has 19 heavy (non-hydrogen) atoms. The summed E-state index contributed by atoms with van der Waals surface area (Å²) < 4.78 is 0. The van der Waals surface area contributed by atoms with Gasteiger partial charge in [-0.2, -0.15) is 0 Å². The maximum Gasteiger partial charge on any atom is 0.222 e. The molecule has 0 saturated heterocycles. The number of pyridine rings is 1. The zero-order valence-corrected chi connectivity index (χ0v) is 11.5. The average Bonchev–Trinajstić information content (AvgIpc) is 2.78. The first kappa shape index (κ1) is 14.0. The molecule has 0 spiro atoms. The van der Waals surface area contributed by atoms with Crippen LogP contribution < -0.4 is 5.32 Å². The largest absolute Gasteiger partial charge is 0.389 e. The second kappa shape index (κ2) is 6.15. The monoisotopic (exact) mass is 262 g/mol. The molecule has 1 aliphatic rings. The first-order valence-electron chi connectivity index (χ1n) is 6.98. The first-order valence-corrected chi connectivity index (χ1v) is 6.98. The van der Waals surface area contributed by atoms with Gasteiger partial charge in [-0.25, -0.2) is 0 Å². The summed E-state index contributed by atoms with van der Waals surface area (Å²) in [5, 5.41) is 13.0. The van der Waals surface area contributed by atoms with Crippen molar-refractivity contribution in [1.82, 2.24) is 10.3 Å². The number of amides is 1. The maximum absolute atomic E-state index is 11.8. The van der Waals surface area contributed by atoms with Gasteiger partial charge in [-0.3, -0.25) is 9.78 Å². The van der Waals surface area contributed by atoms with Crippen molar-refractivity contribution in [2.45, 2.75) is 51.0 Å². The molecule has 1 saturated carbocycles. The second-order valence-electron chi connectivity index (χ2n) is 5.51. The predicted octanol–water partition coefficient (Wildman–Crippen LogP) is 1.74. The van der Waals surface area contributed by atoms with E-state index in [1.54, 1.807) is 6.20 Å². The number of rotatable bonds is 5.